The molecule has 0 radical (unpaired) electrons. The number of amides is 2. The number of pyridine rings is 1. The fourth-order valence-corrected chi connectivity index (χ4v) is 5.28. The molecule has 2 aromatic heterocycles. The predicted molar refractivity (Wildman–Crippen MR) is 135 cm³/mol. The van der Waals surface area contributed by atoms with Crippen LogP contribution in [-0.4, -0.2) is 44.3 Å². The second-order valence-corrected chi connectivity index (χ2v) is 9.99. The van der Waals surface area contributed by atoms with Gasteiger partial charge in [0.1, 0.15) is 17.0 Å². The highest BCUT2D eigenvalue weighted by molar-refractivity contribution is 5.99. The third-order valence-electron chi connectivity index (χ3n) is 7.32. The quantitative estimate of drug-likeness (QED) is 0.576. The van der Waals surface area contributed by atoms with E-state index in [0.29, 0.717) is 18.9 Å². The molecule has 1 unspecified atom stereocenters. The van der Waals surface area contributed by atoms with Crippen LogP contribution in [0.4, 0.5) is 0 Å². The summed E-state index contributed by atoms with van der Waals surface area (Å²) in [6.45, 7) is 5.15. The third-order valence-corrected chi connectivity index (χ3v) is 7.32. The van der Waals surface area contributed by atoms with Gasteiger partial charge in [-0.2, -0.15) is 0 Å². The Hall–Kier alpha value is -3.42. The van der Waals surface area contributed by atoms with Crippen LogP contribution in [0.2, 0.25) is 0 Å². The molecule has 35 heavy (non-hydrogen) atoms. The monoisotopic (exact) mass is 475 g/mol. The van der Waals surface area contributed by atoms with Gasteiger partial charge in [-0.3, -0.25) is 14.4 Å². The molecular formula is C27H33N5O3. The number of piperidine rings is 1. The van der Waals surface area contributed by atoms with E-state index in [-0.39, 0.29) is 23.1 Å². The van der Waals surface area contributed by atoms with Gasteiger partial charge in [-0.05, 0) is 63.6 Å². The molecule has 1 aliphatic heterocycles. The van der Waals surface area contributed by atoms with Gasteiger partial charge in [0, 0.05) is 31.5 Å². The number of imidazole rings is 1. The van der Waals surface area contributed by atoms with Crippen LogP contribution >= 0.6 is 0 Å². The van der Waals surface area contributed by atoms with Crippen LogP contribution < -0.4 is 10.7 Å². The number of likely N-dealkylation sites (tertiary alicyclic amines) is 1. The van der Waals surface area contributed by atoms with E-state index in [1.54, 1.807) is 17.3 Å². The molecule has 2 amide bonds. The lowest BCUT2D eigenvalue weighted by molar-refractivity contribution is 0.0722. The first kappa shape index (κ1) is 23.3. The minimum Gasteiger partial charge on any atom is -0.349 e. The van der Waals surface area contributed by atoms with Crippen molar-refractivity contribution in [2.45, 2.75) is 70.9 Å². The largest absolute Gasteiger partial charge is 0.349 e. The van der Waals surface area contributed by atoms with Crippen LogP contribution in [0.15, 0.2) is 35.4 Å². The number of fused-ring (bicyclic) bond motifs is 1. The number of nitrogens with zero attached hydrogens (tertiary/aromatic N) is 3. The summed E-state index contributed by atoms with van der Waals surface area (Å²) < 4.78 is 1.93. The predicted octanol–water partition coefficient (Wildman–Crippen LogP) is 4.27. The number of benzene rings is 1. The topological polar surface area (TPSA) is 100 Å². The van der Waals surface area contributed by atoms with Crippen LogP contribution in [0.1, 0.15) is 96.1 Å². The van der Waals surface area contributed by atoms with Crippen molar-refractivity contribution in [3.63, 3.8) is 0 Å². The van der Waals surface area contributed by atoms with Gasteiger partial charge in [0.25, 0.3) is 11.8 Å². The molecule has 3 aromatic rings. The van der Waals surface area contributed by atoms with Crippen LogP contribution in [0.5, 0.6) is 0 Å². The summed E-state index contributed by atoms with van der Waals surface area (Å²) in [5.74, 6) is -0.133. The maximum atomic E-state index is 13.4. The van der Waals surface area contributed by atoms with Crippen molar-refractivity contribution in [2.24, 2.45) is 0 Å². The highest BCUT2D eigenvalue weighted by Crippen LogP contribution is 2.29. The molecule has 5 rings (SSSR count). The summed E-state index contributed by atoms with van der Waals surface area (Å²) in [4.78, 5) is 49.7. The SMILES string of the molecule is Cc1ccc2nc(C(C)NC(=O)c3cn(C4CCCC4)cc(C(=O)N4CCCCC4)c3=O)[nH]c2c1. The van der Waals surface area contributed by atoms with Gasteiger partial charge in [0.2, 0.25) is 5.43 Å². The van der Waals surface area contributed by atoms with Crippen molar-refractivity contribution in [2.75, 3.05) is 13.1 Å². The Morgan fingerprint density at radius 1 is 1.06 bits per heavy atom. The Morgan fingerprint density at radius 3 is 2.51 bits per heavy atom. The lowest BCUT2D eigenvalue weighted by Crippen LogP contribution is -2.40. The Morgan fingerprint density at radius 2 is 1.77 bits per heavy atom. The second-order valence-electron chi connectivity index (χ2n) is 9.99. The number of nitrogens with one attached hydrogen (secondary N) is 2. The van der Waals surface area contributed by atoms with Crippen molar-refractivity contribution >= 4 is 22.8 Å². The molecule has 1 saturated heterocycles. The number of H-pyrrole nitrogens is 1. The van der Waals surface area contributed by atoms with E-state index in [9.17, 15) is 14.4 Å². The Kier molecular flexibility index (Phi) is 6.45. The average Bonchev–Trinajstić information content (AvgIpc) is 3.54. The first-order valence-corrected chi connectivity index (χ1v) is 12.7. The van der Waals surface area contributed by atoms with Gasteiger partial charge >= 0.3 is 0 Å². The molecule has 184 valence electrons. The summed E-state index contributed by atoms with van der Waals surface area (Å²) >= 11 is 0. The number of carbonyl (C=O) groups is 2. The van der Waals surface area contributed by atoms with E-state index in [2.05, 4.69) is 15.3 Å². The van der Waals surface area contributed by atoms with Gasteiger partial charge in [-0.25, -0.2) is 4.98 Å². The average molecular weight is 476 g/mol. The molecule has 3 heterocycles. The van der Waals surface area contributed by atoms with Crippen LogP contribution in [0.25, 0.3) is 11.0 Å². The van der Waals surface area contributed by atoms with Gasteiger partial charge in [0.05, 0.1) is 17.1 Å². The number of hydrogen-bond acceptors (Lipinski definition) is 4. The van der Waals surface area contributed by atoms with E-state index >= 15 is 0 Å². The molecular weight excluding hydrogens is 442 g/mol. The maximum Gasteiger partial charge on any atom is 0.259 e. The molecule has 1 aromatic carbocycles. The van der Waals surface area contributed by atoms with Gasteiger partial charge in [-0.15, -0.1) is 0 Å². The molecule has 1 atom stereocenters. The van der Waals surface area contributed by atoms with Crippen LogP contribution in [0.3, 0.4) is 0 Å². The first-order valence-electron chi connectivity index (χ1n) is 12.7. The first-order chi connectivity index (χ1) is 16.9. The fraction of sp³-hybridized carbons (Fsp3) is 0.481. The maximum absolute atomic E-state index is 13.4. The summed E-state index contributed by atoms with van der Waals surface area (Å²) in [5.41, 5.74) is 2.45. The molecule has 2 N–H and O–H groups in total. The minimum atomic E-state index is -0.500. The third kappa shape index (κ3) is 4.74. The molecule has 1 aliphatic carbocycles. The zero-order valence-electron chi connectivity index (χ0n) is 20.5. The van der Waals surface area contributed by atoms with Crippen molar-refractivity contribution in [1.82, 2.24) is 24.8 Å². The number of aromatic nitrogens is 3. The number of carbonyl (C=O) groups excluding carboxylic acids is 2. The smallest absolute Gasteiger partial charge is 0.259 e. The van der Waals surface area contributed by atoms with Crippen LogP contribution in [0, 0.1) is 6.92 Å². The Balaban J connectivity index is 1.45. The Bertz CT molecular complexity index is 1310. The van der Waals surface area contributed by atoms with Crippen molar-refractivity contribution in [1.29, 1.82) is 0 Å². The number of hydrogen-bond donors (Lipinski definition) is 2. The number of aromatic amines is 1. The van der Waals surface area contributed by atoms with E-state index in [1.165, 1.54) is 0 Å². The molecule has 1 saturated carbocycles. The molecule has 2 aliphatic rings. The van der Waals surface area contributed by atoms with E-state index in [4.69, 9.17) is 0 Å². The second kappa shape index (κ2) is 9.68. The van der Waals surface area contributed by atoms with E-state index in [1.807, 2.05) is 36.6 Å². The standard InChI is InChI=1S/C27H33N5O3/c1-17-10-11-22-23(14-17)30-25(29-22)18(2)28-26(34)20-15-32(19-8-4-5-9-19)16-21(24(20)33)27(35)31-12-6-3-7-13-31/h10-11,14-16,18-19H,3-9,12-13H2,1-2H3,(H,28,34)(H,29,30). The lowest BCUT2D eigenvalue weighted by Gasteiger charge is -2.27. The molecule has 2 fully saturated rings. The normalized spacial score (nSPS) is 17.6. The van der Waals surface area contributed by atoms with Crippen molar-refractivity contribution in [3.05, 3.63) is 63.3 Å². The fourth-order valence-electron chi connectivity index (χ4n) is 5.28. The summed E-state index contributed by atoms with van der Waals surface area (Å²) in [5, 5.41) is 2.92. The number of aryl methyl sites for hydroxylation is 1. The summed E-state index contributed by atoms with van der Waals surface area (Å²) in [7, 11) is 0. The van der Waals surface area contributed by atoms with E-state index < -0.39 is 17.4 Å². The van der Waals surface area contributed by atoms with Crippen LogP contribution in [-0.2, 0) is 0 Å². The van der Waals surface area contributed by atoms with Crippen molar-refractivity contribution < 1.29 is 9.59 Å². The van der Waals surface area contributed by atoms with E-state index in [0.717, 1.165) is 61.5 Å². The van der Waals surface area contributed by atoms with Gasteiger partial charge in [-0.1, -0.05) is 18.9 Å². The summed E-state index contributed by atoms with van der Waals surface area (Å²) in [6.07, 6.45) is 10.5. The van der Waals surface area contributed by atoms with Gasteiger partial charge < -0.3 is 19.8 Å². The minimum absolute atomic E-state index is 0.0126. The highest BCUT2D eigenvalue weighted by Gasteiger charge is 2.27. The highest BCUT2D eigenvalue weighted by atomic mass is 16.2. The van der Waals surface area contributed by atoms with Crippen molar-refractivity contribution in [3.8, 4) is 0 Å². The Labute approximate surface area is 204 Å². The summed E-state index contributed by atoms with van der Waals surface area (Å²) in [6, 6.07) is 5.71. The molecule has 0 spiro atoms. The lowest BCUT2D eigenvalue weighted by atomic mass is 10.1. The zero-order chi connectivity index (χ0) is 24.5. The molecule has 8 nitrogen and oxygen atoms in total. The number of rotatable bonds is 5. The molecule has 8 heteroatoms. The zero-order valence-corrected chi connectivity index (χ0v) is 20.5. The van der Waals surface area contributed by atoms with Gasteiger partial charge in [0.15, 0.2) is 0 Å². The molecule has 0 bridgehead atoms.